The van der Waals surface area contributed by atoms with Crippen LogP contribution in [0.2, 0.25) is 0 Å². The molecule has 0 bridgehead atoms. The Labute approximate surface area is 180 Å². The van der Waals surface area contributed by atoms with Crippen LogP contribution in [-0.2, 0) is 33.0 Å². The summed E-state index contributed by atoms with van der Waals surface area (Å²) in [4.78, 5) is 30.7. The van der Waals surface area contributed by atoms with Crippen molar-refractivity contribution in [3.8, 4) is 11.4 Å². The number of rotatable bonds is 1. The minimum absolute atomic E-state index is 0.0331. The Morgan fingerprint density at radius 1 is 1.06 bits per heavy atom. The van der Waals surface area contributed by atoms with Crippen LogP contribution >= 0.6 is 0 Å². The first-order valence-electron chi connectivity index (χ1n) is 10.5. The van der Waals surface area contributed by atoms with Crippen LogP contribution in [0.15, 0.2) is 16.9 Å². The largest absolute Gasteiger partial charge is 0.460 e. The zero-order valence-corrected chi connectivity index (χ0v) is 18.8. The van der Waals surface area contributed by atoms with Crippen LogP contribution in [-0.4, -0.2) is 22.6 Å². The van der Waals surface area contributed by atoms with Gasteiger partial charge in [0, 0.05) is 18.1 Å². The predicted octanol–water partition coefficient (Wildman–Crippen LogP) is 3.97. The first-order valence-corrected chi connectivity index (χ1v) is 10.5. The quantitative estimate of drug-likeness (QED) is 0.438. The van der Waals surface area contributed by atoms with Crippen molar-refractivity contribution in [1.82, 2.24) is 9.55 Å². The number of ether oxygens (including phenoxy) is 2. The number of carbonyl (C=O) groups excluding carboxylic acids is 1. The Morgan fingerprint density at radius 2 is 1.77 bits per heavy atom. The molecule has 3 aromatic rings. The molecule has 160 valence electrons. The van der Waals surface area contributed by atoms with E-state index < -0.39 is 5.60 Å². The molecule has 0 saturated heterocycles. The third-order valence-corrected chi connectivity index (χ3v) is 7.40. The maximum Gasteiger partial charge on any atom is 0.309 e. The lowest BCUT2D eigenvalue weighted by Crippen LogP contribution is -2.32. The molecule has 0 amide bonds. The maximum atomic E-state index is 13.5. The van der Waals surface area contributed by atoms with E-state index in [1.54, 1.807) is 11.7 Å². The molecule has 0 N–H and O–H groups in total. The first kappa shape index (κ1) is 19.9. The highest BCUT2D eigenvalue weighted by molar-refractivity contribution is 5.91. The molecule has 0 saturated carbocycles. The SMILES string of the molecule is COC1(C)CC(=O)OCc2c1cc1n(c2=O)Cc2cc3c(C)c(C)c(C)c(C)c3nc2-1. The molecule has 6 heteroatoms. The number of nitrogens with zero attached hydrogens (tertiary/aromatic N) is 2. The zero-order chi connectivity index (χ0) is 22.2. The number of esters is 1. The molecular formula is C25H26N2O4. The molecule has 1 aromatic carbocycles. The number of benzene rings is 1. The first-order chi connectivity index (χ1) is 14.7. The van der Waals surface area contributed by atoms with Crippen molar-refractivity contribution in [2.24, 2.45) is 0 Å². The van der Waals surface area contributed by atoms with Gasteiger partial charge in [0.25, 0.3) is 5.56 Å². The van der Waals surface area contributed by atoms with Gasteiger partial charge >= 0.3 is 5.97 Å². The third kappa shape index (κ3) is 2.64. The number of fused-ring (bicyclic) bond motifs is 5. The lowest BCUT2D eigenvalue weighted by molar-refractivity contribution is -0.150. The second kappa shape index (κ2) is 6.50. The topological polar surface area (TPSA) is 70.4 Å². The number of hydrogen-bond donors (Lipinski definition) is 0. The summed E-state index contributed by atoms with van der Waals surface area (Å²) >= 11 is 0. The lowest BCUT2D eigenvalue weighted by atomic mass is 9.89. The fourth-order valence-electron chi connectivity index (χ4n) is 4.99. The number of hydrogen-bond acceptors (Lipinski definition) is 5. The van der Waals surface area contributed by atoms with Gasteiger partial charge in [-0.1, -0.05) is 0 Å². The van der Waals surface area contributed by atoms with Crippen LogP contribution in [0.25, 0.3) is 22.3 Å². The second-order valence-electron chi connectivity index (χ2n) is 8.98. The molecule has 1 atom stereocenters. The van der Waals surface area contributed by atoms with Crippen LogP contribution in [0.1, 0.15) is 52.3 Å². The molecular weight excluding hydrogens is 392 g/mol. The van der Waals surface area contributed by atoms with Gasteiger partial charge < -0.3 is 14.0 Å². The summed E-state index contributed by atoms with van der Waals surface area (Å²) < 4.78 is 12.8. The Balaban J connectivity index is 1.81. The van der Waals surface area contributed by atoms with Crippen molar-refractivity contribution < 1.29 is 14.3 Å². The standard InChI is InChI=1S/C25H26N2O4/c1-12-13(2)15(4)22-17(14(12)3)7-16-10-27-20(23(16)26-22)8-19-18(24(27)29)11-31-21(28)9-25(19,5)30-6/h7-8H,9-11H2,1-6H3. The summed E-state index contributed by atoms with van der Waals surface area (Å²) in [7, 11) is 1.56. The molecule has 31 heavy (non-hydrogen) atoms. The van der Waals surface area contributed by atoms with E-state index in [2.05, 4.69) is 33.8 Å². The highest BCUT2D eigenvalue weighted by Crippen LogP contribution is 2.40. The van der Waals surface area contributed by atoms with E-state index in [1.807, 2.05) is 13.0 Å². The summed E-state index contributed by atoms with van der Waals surface area (Å²) in [6, 6.07) is 4.15. The third-order valence-electron chi connectivity index (χ3n) is 7.40. The molecule has 1 unspecified atom stereocenters. The van der Waals surface area contributed by atoms with Crippen LogP contribution in [0.3, 0.4) is 0 Å². The summed E-state index contributed by atoms with van der Waals surface area (Å²) in [6.07, 6.45) is 0.0637. The number of pyridine rings is 2. The second-order valence-corrected chi connectivity index (χ2v) is 8.98. The van der Waals surface area contributed by atoms with Gasteiger partial charge in [0.1, 0.15) is 12.2 Å². The van der Waals surface area contributed by atoms with Crippen molar-refractivity contribution in [3.05, 3.63) is 61.4 Å². The highest BCUT2D eigenvalue weighted by atomic mass is 16.5. The molecule has 0 aliphatic carbocycles. The van der Waals surface area contributed by atoms with Gasteiger partial charge in [-0.15, -0.1) is 0 Å². The van der Waals surface area contributed by atoms with E-state index in [0.29, 0.717) is 17.7 Å². The van der Waals surface area contributed by atoms with Crippen molar-refractivity contribution in [1.29, 1.82) is 0 Å². The molecule has 5 rings (SSSR count). The molecule has 0 spiro atoms. The monoisotopic (exact) mass is 418 g/mol. The van der Waals surface area contributed by atoms with Gasteiger partial charge in [0.15, 0.2) is 0 Å². The fraction of sp³-hybridized carbons (Fsp3) is 0.400. The average molecular weight is 418 g/mol. The molecule has 0 radical (unpaired) electrons. The van der Waals surface area contributed by atoms with E-state index in [-0.39, 0.29) is 24.6 Å². The Morgan fingerprint density at radius 3 is 2.48 bits per heavy atom. The summed E-state index contributed by atoms with van der Waals surface area (Å²) in [5, 5.41) is 1.14. The lowest BCUT2D eigenvalue weighted by Gasteiger charge is -2.27. The van der Waals surface area contributed by atoms with Crippen LogP contribution in [0.4, 0.5) is 0 Å². The molecule has 6 nitrogen and oxygen atoms in total. The molecule has 4 heterocycles. The minimum atomic E-state index is -0.919. The number of methoxy groups -OCH3 is 1. The Hall–Kier alpha value is -2.99. The van der Waals surface area contributed by atoms with Gasteiger partial charge in [-0.3, -0.25) is 9.59 Å². The number of aryl methyl sites for hydroxylation is 2. The van der Waals surface area contributed by atoms with Gasteiger partial charge in [0.05, 0.1) is 35.4 Å². The predicted molar refractivity (Wildman–Crippen MR) is 118 cm³/mol. The van der Waals surface area contributed by atoms with Crippen molar-refractivity contribution in [2.45, 2.75) is 59.8 Å². The molecule has 2 aromatic heterocycles. The van der Waals surface area contributed by atoms with E-state index >= 15 is 0 Å². The fourth-order valence-corrected chi connectivity index (χ4v) is 4.99. The zero-order valence-electron chi connectivity index (χ0n) is 18.8. The normalized spacial score (nSPS) is 19.6. The van der Waals surface area contributed by atoms with Crippen molar-refractivity contribution in [3.63, 3.8) is 0 Å². The summed E-state index contributed by atoms with van der Waals surface area (Å²) in [5.74, 6) is -0.369. The highest BCUT2D eigenvalue weighted by Gasteiger charge is 2.39. The molecule has 0 fully saturated rings. The Kier molecular flexibility index (Phi) is 4.18. The van der Waals surface area contributed by atoms with E-state index in [0.717, 1.165) is 33.4 Å². The molecule has 2 aliphatic rings. The Bertz CT molecular complexity index is 1370. The van der Waals surface area contributed by atoms with Crippen LogP contribution in [0.5, 0.6) is 0 Å². The van der Waals surface area contributed by atoms with Gasteiger partial charge in [-0.2, -0.15) is 0 Å². The number of carbonyl (C=O) groups is 1. The minimum Gasteiger partial charge on any atom is -0.460 e. The number of cyclic esters (lactones) is 1. The van der Waals surface area contributed by atoms with Crippen LogP contribution < -0.4 is 5.56 Å². The van der Waals surface area contributed by atoms with Gasteiger partial charge in [0.2, 0.25) is 0 Å². The maximum absolute atomic E-state index is 13.5. The van der Waals surface area contributed by atoms with Crippen molar-refractivity contribution >= 4 is 16.9 Å². The van der Waals surface area contributed by atoms with E-state index in [1.165, 1.54) is 16.7 Å². The number of aromatic nitrogens is 2. The summed E-state index contributed by atoms with van der Waals surface area (Å²) in [6.45, 7) is 10.8. The summed E-state index contributed by atoms with van der Waals surface area (Å²) in [5.41, 5.74) is 8.65. The van der Waals surface area contributed by atoms with Crippen LogP contribution in [0, 0.1) is 27.7 Å². The smallest absolute Gasteiger partial charge is 0.309 e. The van der Waals surface area contributed by atoms with Gasteiger partial charge in [-0.25, -0.2) is 4.98 Å². The molecule has 2 aliphatic heterocycles. The van der Waals surface area contributed by atoms with E-state index in [9.17, 15) is 9.59 Å². The van der Waals surface area contributed by atoms with Gasteiger partial charge in [-0.05, 0) is 74.6 Å². The van der Waals surface area contributed by atoms with E-state index in [4.69, 9.17) is 14.5 Å². The average Bonchev–Trinajstić information content (AvgIpc) is 3.05. The van der Waals surface area contributed by atoms with Crippen molar-refractivity contribution in [2.75, 3.05) is 7.11 Å².